The van der Waals surface area contributed by atoms with Crippen molar-refractivity contribution in [1.29, 1.82) is 0 Å². The van der Waals surface area contributed by atoms with E-state index < -0.39 is 6.04 Å². The van der Waals surface area contributed by atoms with Gasteiger partial charge in [-0.25, -0.2) is 0 Å². The zero-order valence-corrected chi connectivity index (χ0v) is 19.3. The van der Waals surface area contributed by atoms with E-state index in [0.717, 1.165) is 16.7 Å². The van der Waals surface area contributed by atoms with Crippen LogP contribution < -0.4 is 14.8 Å². The van der Waals surface area contributed by atoms with Crippen molar-refractivity contribution in [2.24, 2.45) is 0 Å². The highest BCUT2D eigenvalue weighted by atomic mass is 16.5. The Kier molecular flexibility index (Phi) is 8.47. The average molecular weight is 447 g/mol. The summed E-state index contributed by atoms with van der Waals surface area (Å²) in [5.74, 6) is 0.790. The second kappa shape index (κ2) is 11.7. The SMILES string of the molecule is CNC(=O)[C@@H](Cc1ccccc1)N(Cc1cccc(OC)c1)C(=O)COc1ccc(C)cc1. The number of nitrogens with one attached hydrogen (secondary N) is 1. The highest BCUT2D eigenvalue weighted by Crippen LogP contribution is 2.19. The van der Waals surface area contributed by atoms with E-state index in [1.54, 1.807) is 19.1 Å². The summed E-state index contributed by atoms with van der Waals surface area (Å²) in [7, 11) is 3.18. The molecule has 0 spiro atoms. The molecule has 3 rings (SSSR count). The first-order valence-corrected chi connectivity index (χ1v) is 10.9. The third kappa shape index (κ3) is 6.84. The van der Waals surface area contributed by atoms with Crippen LogP contribution in [-0.4, -0.2) is 43.5 Å². The minimum absolute atomic E-state index is 0.171. The summed E-state index contributed by atoms with van der Waals surface area (Å²) in [6.07, 6.45) is 0.390. The van der Waals surface area contributed by atoms with Gasteiger partial charge in [-0.1, -0.05) is 60.2 Å². The van der Waals surface area contributed by atoms with E-state index in [1.165, 1.54) is 0 Å². The van der Waals surface area contributed by atoms with Crippen molar-refractivity contribution in [3.05, 3.63) is 95.6 Å². The Hall–Kier alpha value is -3.80. The number of likely N-dealkylation sites (N-methyl/N-ethyl adjacent to an activating group) is 1. The Morgan fingerprint density at radius 3 is 2.27 bits per heavy atom. The zero-order valence-electron chi connectivity index (χ0n) is 19.3. The van der Waals surface area contributed by atoms with Gasteiger partial charge in [-0.05, 0) is 42.3 Å². The molecule has 0 unspecified atom stereocenters. The normalized spacial score (nSPS) is 11.4. The lowest BCUT2D eigenvalue weighted by atomic mass is 10.0. The Morgan fingerprint density at radius 2 is 1.61 bits per heavy atom. The van der Waals surface area contributed by atoms with Gasteiger partial charge in [0.1, 0.15) is 17.5 Å². The first kappa shape index (κ1) is 23.9. The fourth-order valence-corrected chi connectivity index (χ4v) is 3.55. The molecule has 0 aromatic heterocycles. The second-order valence-corrected chi connectivity index (χ2v) is 7.79. The Balaban J connectivity index is 1.87. The van der Waals surface area contributed by atoms with E-state index in [9.17, 15) is 9.59 Å². The highest BCUT2D eigenvalue weighted by Gasteiger charge is 2.30. The van der Waals surface area contributed by atoms with E-state index in [1.807, 2.05) is 85.8 Å². The number of nitrogens with zero attached hydrogens (tertiary/aromatic N) is 1. The lowest BCUT2D eigenvalue weighted by Crippen LogP contribution is -2.51. The lowest BCUT2D eigenvalue weighted by molar-refractivity contribution is -0.142. The Labute approximate surface area is 195 Å². The number of hydrogen-bond donors (Lipinski definition) is 1. The summed E-state index contributed by atoms with van der Waals surface area (Å²) in [4.78, 5) is 27.9. The summed E-state index contributed by atoms with van der Waals surface area (Å²) in [5.41, 5.74) is 2.94. The maximum absolute atomic E-state index is 13.4. The molecule has 3 aromatic carbocycles. The molecular weight excluding hydrogens is 416 g/mol. The molecule has 0 radical (unpaired) electrons. The van der Waals surface area contributed by atoms with E-state index >= 15 is 0 Å². The van der Waals surface area contributed by atoms with Crippen LogP contribution in [0.2, 0.25) is 0 Å². The third-order valence-corrected chi connectivity index (χ3v) is 5.39. The Bertz CT molecular complexity index is 1050. The number of ether oxygens (including phenoxy) is 2. The fraction of sp³-hybridized carbons (Fsp3) is 0.259. The molecule has 2 amide bonds. The molecule has 1 N–H and O–H groups in total. The number of amides is 2. The summed E-state index contributed by atoms with van der Waals surface area (Å²) in [6, 6.07) is 24.0. The van der Waals surface area contributed by atoms with Crippen molar-refractivity contribution in [2.45, 2.75) is 25.9 Å². The van der Waals surface area contributed by atoms with E-state index in [2.05, 4.69) is 5.32 Å². The molecule has 0 heterocycles. The van der Waals surface area contributed by atoms with Crippen LogP contribution in [0.15, 0.2) is 78.9 Å². The summed E-state index contributed by atoms with van der Waals surface area (Å²) in [6.45, 7) is 2.07. The van der Waals surface area contributed by atoms with E-state index in [4.69, 9.17) is 9.47 Å². The molecule has 6 nitrogen and oxygen atoms in total. The van der Waals surface area contributed by atoms with Gasteiger partial charge in [0.2, 0.25) is 5.91 Å². The third-order valence-electron chi connectivity index (χ3n) is 5.39. The van der Waals surface area contributed by atoms with Crippen molar-refractivity contribution < 1.29 is 19.1 Å². The molecule has 0 saturated heterocycles. The predicted molar refractivity (Wildman–Crippen MR) is 128 cm³/mol. The lowest BCUT2D eigenvalue weighted by Gasteiger charge is -2.31. The molecule has 0 saturated carbocycles. The molecular formula is C27H30N2O4. The molecule has 1 atom stereocenters. The molecule has 6 heteroatoms. The molecule has 3 aromatic rings. The van der Waals surface area contributed by atoms with Crippen molar-refractivity contribution in [1.82, 2.24) is 10.2 Å². The Morgan fingerprint density at radius 1 is 0.909 bits per heavy atom. The molecule has 172 valence electrons. The van der Waals surface area contributed by atoms with Crippen LogP contribution in [0.3, 0.4) is 0 Å². The van der Waals surface area contributed by atoms with Gasteiger partial charge in [-0.3, -0.25) is 9.59 Å². The number of hydrogen-bond acceptors (Lipinski definition) is 4. The first-order valence-electron chi connectivity index (χ1n) is 10.9. The second-order valence-electron chi connectivity index (χ2n) is 7.79. The fourth-order valence-electron chi connectivity index (χ4n) is 3.55. The van der Waals surface area contributed by atoms with Crippen molar-refractivity contribution in [2.75, 3.05) is 20.8 Å². The summed E-state index contributed by atoms with van der Waals surface area (Å²) < 4.78 is 11.1. The van der Waals surface area contributed by atoms with Gasteiger partial charge in [0.05, 0.1) is 7.11 Å². The molecule has 33 heavy (non-hydrogen) atoms. The van der Waals surface area contributed by atoms with Gasteiger partial charge in [-0.15, -0.1) is 0 Å². The van der Waals surface area contributed by atoms with Crippen LogP contribution in [0.1, 0.15) is 16.7 Å². The molecule has 0 fully saturated rings. The van der Waals surface area contributed by atoms with Crippen LogP contribution in [0.25, 0.3) is 0 Å². The quantitative estimate of drug-likeness (QED) is 0.515. The van der Waals surface area contributed by atoms with Gasteiger partial charge in [-0.2, -0.15) is 0 Å². The number of methoxy groups -OCH3 is 1. The van der Waals surface area contributed by atoms with E-state index in [0.29, 0.717) is 17.9 Å². The van der Waals surface area contributed by atoms with Crippen LogP contribution >= 0.6 is 0 Å². The first-order chi connectivity index (χ1) is 16.0. The van der Waals surface area contributed by atoms with Crippen LogP contribution in [-0.2, 0) is 22.6 Å². The highest BCUT2D eigenvalue weighted by molar-refractivity contribution is 5.88. The number of carbonyl (C=O) groups is 2. The van der Waals surface area contributed by atoms with Gasteiger partial charge in [0.25, 0.3) is 5.91 Å². The van der Waals surface area contributed by atoms with Crippen LogP contribution in [0, 0.1) is 6.92 Å². The predicted octanol–water partition coefficient (Wildman–Crippen LogP) is 3.77. The van der Waals surface area contributed by atoms with Crippen molar-refractivity contribution in [3.63, 3.8) is 0 Å². The zero-order chi connectivity index (χ0) is 23.6. The molecule has 0 aliphatic carbocycles. The van der Waals surface area contributed by atoms with Crippen molar-refractivity contribution in [3.8, 4) is 11.5 Å². The molecule has 0 bridgehead atoms. The van der Waals surface area contributed by atoms with Crippen LogP contribution in [0.4, 0.5) is 0 Å². The van der Waals surface area contributed by atoms with Gasteiger partial charge in [0, 0.05) is 20.0 Å². The maximum Gasteiger partial charge on any atom is 0.261 e. The number of rotatable bonds is 10. The topological polar surface area (TPSA) is 67.9 Å². The monoisotopic (exact) mass is 446 g/mol. The summed E-state index contributed by atoms with van der Waals surface area (Å²) in [5, 5.41) is 2.71. The largest absolute Gasteiger partial charge is 0.497 e. The number of carbonyl (C=O) groups excluding carboxylic acids is 2. The van der Waals surface area contributed by atoms with Gasteiger partial charge in [0.15, 0.2) is 6.61 Å². The number of aryl methyl sites for hydroxylation is 1. The van der Waals surface area contributed by atoms with Crippen molar-refractivity contribution >= 4 is 11.8 Å². The molecule has 0 aliphatic rings. The maximum atomic E-state index is 13.4. The van der Waals surface area contributed by atoms with Gasteiger partial charge < -0.3 is 19.7 Å². The molecule has 0 aliphatic heterocycles. The standard InChI is InChI=1S/C27H30N2O4/c1-20-12-14-23(15-13-20)33-19-26(30)29(18-22-10-7-11-24(16-22)32-3)25(27(31)28-2)17-21-8-5-4-6-9-21/h4-16,25H,17-19H2,1-3H3,(H,28,31)/t25-/m1/s1. The van der Waals surface area contributed by atoms with E-state index in [-0.39, 0.29) is 25.0 Å². The minimum atomic E-state index is -0.697. The average Bonchev–Trinajstić information content (AvgIpc) is 2.86. The summed E-state index contributed by atoms with van der Waals surface area (Å²) >= 11 is 0. The minimum Gasteiger partial charge on any atom is -0.497 e. The van der Waals surface area contributed by atoms with Crippen LogP contribution in [0.5, 0.6) is 11.5 Å². The smallest absolute Gasteiger partial charge is 0.261 e. The van der Waals surface area contributed by atoms with Gasteiger partial charge >= 0.3 is 0 Å². The number of benzene rings is 3.